The molecule has 1 aliphatic rings. The summed E-state index contributed by atoms with van der Waals surface area (Å²) < 4.78 is 5.96. The highest BCUT2D eigenvalue weighted by atomic mass is 16.5. The van der Waals surface area contributed by atoms with Gasteiger partial charge in [0.15, 0.2) is 0 Å². The highest BCUT2D eigenvalue weighted by Gasteiger charge is 2.16. The summed E-state index contributed by atoms with van der Waals surface area (Å²) in [7, 11) is 0. The topological polar surface area (TPSA) is 50.4 Å². The van der Waals surface area contributed by atoms with E-state index >= 15 is 0 Å². The van der Waals surface area contributed by atoms with E-state index in [4.69, 9.17) is 4.74 Å². The zero-order valence-electron chi connectivity index (χ0n) is 14.8. The summed E-state index contributed by atoms with van der Waals surface area (Å²) in [5.41, 5.74) is 2.96. The molecule has 0 spiro atoms. The fraction of sp³-hybridized carbons (Fsp3) is 0.381. The van der Waals surface area contributed by atoms with Crippen LogP contribution in [0.25, 0.3) is 0 Å². The highest BCUT2D eigenvalue weighted by molar-refractivity contribution is 5.92. The standard InChI is InChI=1S/C21H26N2O2/c1-16-7-9-19(23-21(24)10-8-17-11-12-22-14-17)20(13-16)25-15-18-5-3-2-4-6-18/h2-7,9,13,17,22H,8,10-12,14-15H2,1H3,(H,23,24). The van der Waals surface area contributed by atoms with Gasteiger partial charge in [-0.05, 0) is 62.0 Å². The van der Waals surface area contributed by atoms with Crippen LogP contribution in [0.2, 0.25) is 0 Å². The third kappa shape index (κ3) is 5.33. The molecule has 132 valence electrons. The molecule has 1 saturated heterocycles. The van der Waals surface area contributed by atoms with Crippen LogP contribution >= 0.6 is 0 Å². The number of nitrogens with one attached hydrogen (secondary N) is 2. The van der Waals surface area contributed by atoms with Gasteiger partial charge in [0.2, 0.25) is 5.91 Å². The molecule has 2 N–H and O–H groups in total. The van der Waals surface area contributed by atoms with Crippen molar-refractivity contribution >= 4 is 11.6 Å². The minimum atomic E-state index is 0.0558. The van der Waals surface area contributed by atoms with Crippen molar-refractivity contribution in [3.05, 3.63) is 59.7 Å². The maximum absolute atomic E-state index is 12.3. The first-order valence-electron chi connectivity index (χ1n) is 8.98. The van der Waals surface area contributed by atoms with Gasteiger partial charge in [-0.2, -0.15) is 0 Å². The van der Waals surface area contributed by atoms with E-state index in [0.717, 1.165) is 42.1 Å². The molecule has 1 atom stereocenters. The average Bonchev–Trinajstić information content (AvgIpc) is 3.15. The average molecular weight is 338 g/mol. The van der Waals surface area contributed by atoms with Crippen molar-refractivity contribution in [1.29, 1.82) is 0 Å². The molecule has 1 unspecified atom stereocenters. The second kappa shape index (κ2) is 8.67. The Kier molecular flexibility index (Phi) is 6.07. The molecular weight excluding hydrogens is 312 g/mol. The van der Waals surface area contributed by atoms with Crippen LogP contribution in [-0.2, 0) is 11.4 Å². The molecule has 0 aliphatic carbocycles. The fourth-order valence-electron chi connectivity index (χ4n) is 3.10. The summed E-state index contributed by atoms with van der Waals surface area (Å²) in [4.78, 5) is 12.3. The van der Waals surface area contributed by atoms with Crippen molar-refractivity contribution in [3.63, 3.8) is 0 Å². The van der Waals surface area contributed by atoms with Crippen LogP contribution in [-0.4, -0.2) is 19.0 Å². The normalized spacial score (nSPS) is 16.6. The first-order chi connectivity index (χ1) is 12.2. The minimum absolute atomic E-state index is 0.0558. The van der Waals surface area contributed by atoms with E-state index in [0.29, 0.717) is 18.9 Å². The Morgan fingerprint density at radius 1 is 1.24 bits per heavy atom. The fourth-order valence-corrected chi connectivity index (χ4v) is 3.10. The van der Waals surface area contributed by atoms with Crippen molar-refractivity contribution in [2.45, 2.75) is 32.8 Å². The summed E-state index contributed by atoms with van der Waals surface area (Å²) in [6.07, 6.45) is 2.66. The molecule has 1 aliphatic heterocycles. The Bertz CT molecular complexity index is 694. The third-order valence-electron chi connectivity index (χ3n) is 4.59. The lowest BCUT2D eigenvalue weighted by Gasteiger charge is -2.14. The van der Waals surface area contributed by atoms with Crippen molar-refractivity contribution < 1.29 is 9.53 Å². The second-order valence-corrected chi connectivity index (χ2v) is 6.72. The van der Waals surface area contributed by atoms with Gasteiger partial charge < -0.3 is 15.4 Å². The molecular formula is C21H26N2O2. The SMILES string of the molecule is Cc1ccc(NC(=O)CCC2CCNC2)c(OCc2ccccc2)c1. The van der Waals surface area contributed by atoms with Crippen LogP contribution in [0.5, 0.6) is 5.75 Å². The quantitative estimate of drug-likeness (QED) is 0.805. The number of hydrogen-bond acceptors (Lipinski definition) is 3. The molecule has 4 nitrogen and oxygen atoms in total. The van der Waals surface area contributed by atoms with Gasteiger partial charge in [-0.15, -0.1) is 0 Å². The van der Waals surface area contributed by atoms with E-state index < -0.39 is 0 Å². The monoisotopic (exact) mass is 338 g/mol. The van der Waals surface area contributed by atoms with Crippen molar-refractivity contribution in [2.75, 3.05) is 18.4 Å². The predicted octanol–water partition coefficient (Wildman–Crippen LogP) is 3.90. The molecule has 1 heterocycles. The number of carbonyl (C=O) groups is 1. The number of carbonyl (C=O) groups excluding carboxylic acids is 1. The number of amides is 1. The first kappa shape index (κ1) is 17.5. The van der Waals surface area contributed by atoms with Gasteiger partial charge in [0, 0.05) is 6.42 Å². The van der Waals surface area contributed by atoms with Crippen LogP contribution in [0.4, 0.5) is 5.69 Å². The van der Waals surface area contributed by atoms with Gasteiger partial charge in [0.05, 0.1) is 5.69 Å². The largest absolute Gasteiger partial charge is 0.487 e. The second-order valence-electron chi connectivity index (χ2n) is 6.72. The lowest BCUT2D eigenvalue weighted by molar-refractivity contribution is -0.116. The van der Waals surface area contributed by atoms with Crippen molar-refractivity contribution in [3.8, 4) is 5.75 Å². The molecule has 0 bridgehead atoms. The molecule has 3 rings (SSSR count). The van der Waals surface area contributed by atoms with E-state index in [1.54, 1.807) is 0 Å². The Balaban J connectivity index is 1.59. The Morgan fingerprint density at radius 2 is 2.08 bits per heavy atom. The first-order valence-corrected chi connectivity index (χ1v) is 8.98. The summed E-state index contributed by atoms with van der Waals surface area (Å²) in [6.45, 7) is 4.61. The number of ether oxygens (including phenoxy) is 1. The van der Waals surface area contributed by atoms with Gasteiger partial charge in [-0.25, -0.2) is 0 Å². The van der Waals surface area contributed by atoms with Crippen molar-refractivity contribution in [1.82, 2.24) is 5.32 Å². The van der Waals surface area contributed by atoms with Crippen LogP contribution < -0.4 is 15.4 Å². The minimum Gasteiger partial charge on any atom is -0.487 e. The lowest BCUT2D eigenvalue weighted by atomic mass is 10.0. The third-order valence-corrected chi connectivity index (χ3v) is 4.59. The van der Waals surface area contributed by atoms with Gasteiger partial charge in [0.25, 0.3) is 0 Å². The van der Waals surface area contributed by atoms with Gasteiger partial charge in [-0.1, -0.05) is 36.4 Å². The van der Waals surface area contributed by atoms with Crippen LogP contribution in [0, 0.1) is 12.8 Å². The van der Waals surface area contributed by atoms with Gasteiger partial charge >= 0.3 is 0 Å². The Morgan fingerprint density at radius 3 is 2.84 bits per heavy atom. The molecule has 0 saturated carbocycles. The van der Waals surface area contributed by atoms with E-state index in [1.807, 2.05) is 55.5 Å². The summed E-state index contributed by atoms with van der Waals surface area (Å²) >= 11 is 0. The number of hydrogen-bond donors (Lipinski definition) is 2. The summed E-state index contributed by atoms with van der Waals surface area (Å²) in [6, 6.07) is 15.9. The van der Waals surface area contributed by atoms with Crippen LogP contribution in [0.1, 0.15) is 30.4 Å². The molecule has 2 aromatic rings. The number of rotatable bonds is 7. The van der Waals surface area contributed by atoms with Gasteiger partial charge in [0.1, 0.15) is 12.4 Å². The zero-order valence-corrected chi connectivity index (χ0v) is 14.8. The molecule has 0 radical (unpaired) electrons. The predicted molar refractivity (Wildman–Crippen MR) is 101 cm³/mol. The smallest absolute Gasteiger partial charge is 0.224 e. The maximum Gasteiger partial charge on any atom is 0.224 e. The Labute approximate surface area is 149 Å². The number of aryl methyl sites for hydroxylation is 1. The molecule has 1 fully saturated rings. The van der Waals surface area contributed by atoms with E-state index in [2.05, 4.69) is 10.6 Å². The van der Waals surface area contributed by atoms with Gasteiger partial charge in [-0.3, -0.25) is 4.79 Å². The van der Waals surface area contributed by atoms with Crippen LogP contribution in [0.15, 0.2) is 48.5 Å². The molecule has 4 heteroatoms. The van der Waals surface area contributed by atoms with E-state index in [-0.39, 0.29) is 5.91 Å². The molecule has 2 aromatic carbocycles. The van der Waals surface area contributed by atoms with E-state index in [9.17, 15) is 4.79 Å². The number of anilines is 1. The summed E-state index contributed by atoms with van der Waals surface area (Å²) in [5, 5.41) is 6.36. The molecule has 1 amide bonds. The number of benzene rings is 2. The van der Waals surface area contributed by atoms with Crippen LogP contribution in [0.3, 0.4) is 0 Å². The summed E-state index contributed by atoms with van der Waals surface area (Å²) in [5.74, 6) is 1.40. The lowest BCUT2D eigenvalue weighted by Crippen LogP contribution is -2.15. The highest BCUT2D eigenvalue weighted by Crippen LogP contribution is 2.27. The Hall–Kier alpha value is -2.33. The van der Waals surface area contributed by atoms with E-state index in [1.165, 1.54) is 6.42 Å². The molecule has 0 aromatic heterocycles. The van der Waals surface area contributed by atoms with Crippen molar-refractivity contribution in [2.24, 2.45) is 5.92 Å². The zero-order chi connectivity index (χ0) is 17.5. The molecule has 25 heavy (non-hydrogen) atoms. The maximum atomic E-state index is 12.3.